The van der Waals surface area contributed by atoms with E-state index in [-0.39, 0.29) is 0 Å². The van der Waals surface area contributed by atoms with Gasteiger partial charge in [-0.1, -0.05) is 219 Å². The summed E-state index contributed by atoms with van der Waals surface area (Å²) in [7, 11) is 0. The molecule has 354 valence electrons. The molecule has 1 atom stereocenters. The van der Waals surface area contributed by atoms with Crippen molar-refractivity contribution in [2.75, 3.05) is 0 Å². The van der Waals surface area contributed by atoms with Gasteiger partial charge < -0.3 is 4.57 Å². The van der Waals surface area contributed by atoms with Crippen LogP contribution in [0.25, 0.3) is 90.2 Å². The normalized spacial score (nSPS) is 14.4. The van der Waals surface area contributed by atoms with Gasteiger partial charge in [0.15, 0.2) is 34.9 Å². The molecular weight excluding hydrogens is 903 g/mol. The summed E-state index contributed by atoms with van der Waals surface area (Å²) in [5.41, 5.74) is 13.6. The molecule has 1 aliphatic carbocycles. The first kappa shape index (κ1) is 45.7. The van der Waals surface area contributed by atoms with Crippen molar-refractivity contribution in [1.29, 1.82) is 0 Å². The molecule has 74 heavy (non-hydrogen) atoms. The van der Waals surface area contributed by atoms with E-state index in [1.54, 1.807) is 0 Å². The van der Waals surface area contributed by atoms with Gasteiger partial charge in [0.2, 0.25) is 0 Å². The second-order valence-corrected chi connectivity index (χ2v) is 18.6. The summed E-state index contributed by atoms with van der Waals surface area (Å²) in [6.45, 7) is 6.43. The van der Waals surface area contributed by atoms with Gasteiger partial charge in [-0.25, -0.2) is 29.9 Å². The summed E-state index contributed by atoms with van der Waals surface area (Å²) in [4.78, 5) is 33.2. The van der Waals surface area contributed by atoms with Crippen LogP contribution in [-0.2, 0) is 5.41 Å². The molecular formula is C67H51N7. The van der Waals surface area contributed by atoms with E-state index < -0.39 is 5.41 Å². The van der Waals surface area contributed by atoms with Crippen LogP contribution in [0.1, 0.15) is 60.1 Å². The number of rotatable bonds is 12. The topological polar surface area (TPSA) is 82.3 Å². The molecule has 0 amide bonds. The van der Waals surface area contributed by atoms with Crippen molar-refractivity contribution in [2.24, 2.45) is 0 Å². The number of hydrogen-bond donors (Lipinski definition) is 0. The van der Waals surface area contributed by atoms with E-state index in [4.69, 9.17) is 29.9 Å². The third kappa shape index (κ3) is 8.24. The van der Waals surface area contributed by atoms with Crippen molar-refractivity contribution < 1.29 is 0 Å². The zero-order valence-corrected chi connectivity index (χ0v) is 41.4. The molecule has 0 N–H and O–H groups in total. The number of nitrogens with zero attached hydrogens (tertiary/aromatic N) is 7. The largest absolute Gasteiger partial charge is 0.309 e. The number of allylic oxidation sites excluding steroid dienone is 5. The fraction of sp³-hybridized carbons (Fsp3) is 0.0746. The van der Waals surface area contributed by atoms with Crippen molar-refractivity contribution in [3.63, 3.8) is 0 Å². The number of para-hydroxylation sites is 1. The van der Waals surface area contributed by atoms with Crippen LogP contribution >= 0.6 is 0 Å². The highest BCUT2D eigenvalue weighted by Gasteiger charge is 2.53. The van der Waals surface area contributed by atoms with Crippen LogP contribution in [0.15, 0.2) is 237 Å². The van der Waals surface area contributed by atoms with Crippen LogP contribution in [0.4, 0.5) is 0 Å². The van der Waals surface area contributed by atoms with Crippen molar-refractivity contribution in [3.8, 4) is 62.1 Å². The Morgan fingerprint density at radius 1 is 0.486 bits per heavy atom. The summed E-state index contributed by atoms with van der Waals surface area (Å²) >= 11 is 0. The van der Waals surface area contributed by atoms with E-state index in [0.717, 1.165) is 95.5 Å². The highest BCUT2D eigenvalue weighted by molar-refractivity contribution is 6.03. The maximum atomic E-state index is 5.67. The molecule has 7 heteroatoms. The Morgan fingerprint density at radius 2 is 0.959 bits per heavy atom. The first-order chi connectivity index (χ1) is 36.5. The van der Waals surface area contributed by atoms with Gasteiger partial charge in [0.25, 0.3) is 0 Å². The van der Waals surface area contributed by atoms with E-state index in [0.29, 0.717) is 34.9 Å². The van der Waals surface area contributed by atoms with Crippen LogP contribution < -0.4 is 0 Å². The molecule has 1 aliphatic rings. The van der Waals surface area contributed by atoms with Gasteiger partial charge >= 0.3 is 0 Å². The lowest BCUT2D eigenvalue weighted by Gasteiger charge is -2.33. The molecule has 1 unspecified atom stereocenters. The minimum atomic E-state index is -1.36. The molecule has 11 aromatic rings. The lowest BCUT2D eigenvalue weighted by Crippen LogP contribution is -2.36. The maximum absolute atomic E-state index is 5.67. The quantitative estimate of drug-likeness (QED) is 0.113. The molecule has 3 heterocycles. The summed E-state index contributed by atoms with van der Waals surface area (Å²) in [6.07, 6.45) is 9.51. The summed E-state index contributed by atoms with van der Waals surface area (Å²) in [5.74, 6) is 3.16. The van der Waals surface area contributed by atoms with E-state index in [1.807, 2.05) is 54.6 Å². The SMILES string of the molecule is CC/C=C\C=C(/C)c1nc(-c2ccccc2)nc(C2(c3nc(-c4ccccc4)nc(-c4ccccc4)n3)C(c3c(C)c4ccccc4n3-c3cc(-c4ccccc4)cc(-c4ccccc4)c3)=Cc3ccccc32)n1. The smallest absolute Gasteiger partial charge is 0.163 e. The molecule has 0 fully saturated rings. The predicted molar refractivity (Wildman–Crippen MR) is 302 cm³/mol. The van der Waals surface area contributed by atoms with Crippen molar-refractivity contribution in [2.45, 2.75) is 32.6 Å². The zero-order chi connectivity index (χ0) is 50.0. The number of fused-ring (bicyclic) bond motifs is 2. The lowest BCUT2D eigenvalue weighted by atomic mass is 9.73. The molecule has 12 rings (SSSR count). The summed E-state index contributed by atoms with van der Waals surface area (Å²) in [6, 6.07) is 76.0. The van der Waals surface area contributed by atoms with Crippen molar-refractivity contribution in [3.05, 3.63) is 276 Å². The Hall–Kier alpha value is -9.46. The average molecular weight is 954 g/mol. The average Bonchev–Trinajstić information content (AvgIpc) is 4.00. The van der Waals surface area contributed by atoms with Crippen LogP contribution in [0, 0.1) is 6.92 Å². The van der Waals surface area contributed by atoms with Gasteiger partial charge in [0, 0.05) is 33.3 Å². The molecule has 0 aliphatic heterocycles. The molecule has 0 bridgehead atoms. The van der Waals surface area contributed by atoms with E-state index in [2.05, 4.69) is 213 Å². The molecule has 8 aromatic carbocycles. The number of benzene rings is 8. The second-order valence-electron chi connectivity index (χ2n) is 18.6. The highest BCUT2D eigenvalue weighted by Crippen LogP contribution is 2.56. The second kappa shape index (κ2) is 19.6. The van der Waals surface area contributed by atoms with Crippen LogP contribution in [0.2, 0.25) is 0 Å². The van der Waals surface area contributed by atoms with Crippen molar-refractivity contribution >= 4 is 28.1 Å². The molecule has 3 aromatic heterocycles. The standard InChI is InChI=1S/C67H51N7/c1-4-5-11-26-45(2)61-68-62(49-31-16-8-17-32-49)71-65(70-61)67(66-72-63(50-33-18-9-19-34-50)69-64(73-66)51-35-20-10-21-36-51)57-39-24-22-37-52(57)44-58(67)60-46(3)56-38-23-25-40-59(56)74(60)55-42-53(47-27-12-6-13-28-47)41-54(43-55)48-29-14-7-15-30-48/h5-44H,4H2,1-3H3/b11-5-,45-26+. The third-order valence-corrected chi connectivity index (χ3v) is 14.0. The van der Waals surface area contributed by atoms with Gasteiger partial charge in [0.1, 0.15) is 5.41 Å². The van der Waals surface area contributed by atoms with Crippen LogP contribution in [-0.4, -0.2) is 34.5 Å². The van der Waals surface area contributed by atoms with Gasteiger partial charge in [0.05, 0.1) is 11.2 Å². The zero-order valence-electron chi connectivity index (χ0n) is 41.4. The van der Waals surface area contributed by atoms with Gasteiger partial charge in [-0.15, -0.1) is 0 Å². The minimum Gasteiger partial charge on any atom is -0.309 e. The summed E-state index contributed by atoms with van der Waals surface area (Å²) < 4.78 is 2.44. The van der Waals surface area contributed by atoms with Gasteiger partial charge in [-0.05, 0) is 95.1 Å². The number of aryl methyl sites for hydroxylation is 1. The minimum absolute atomic E-state index is 0.490. The Morgan fingerprint density at radius 3 is 1.51 bits per heavy atom. The number of hydrogen-bond acceptors (Lipinski definition) is 6. The summed E-state index contributed by atoms with van der Waals surface area (Å²) in [5, 5.41) is 1.12. The Labute approximate surface area is 431 Å². The monoisotopic (exact) mass is 953 g/mol. The third-order valence-electron chi connectivity index (χ3n) is 14.0. The van der Waals surface area contributed by atoms with E-state index >= 15 is 0 Å². The molecule has 7 nitrogen and oxygen atoms in total. The van der Waals surface area contributed by atoms with Gasteiger partial charge in [-0.2, -0.15) is 0 Å². The lowest BCUT2D eigenvalue weighted by molar-refractivity contribution is 0.662. The van der Waals surface area contributed by atoms with E-state index in [1.165, 1.54) is 0 Å². The Bertz CT molecular complexity index is 3820. The van der Waals surface area contributed by atoms with Gasteiger partial charge in [-0.3, -0.25) is 0 Å². The fourth-order valence-corrected chi connectivity index (χ4v) is 10.4. The Kier molecular flexibility index (Phi) is 12.1. The number of aromatic nitrogens is 7. The molecule has 0 saturated carbocycles. The molecule has 0 saturated heterocycles. The van der Waals surface area contributed by atoms with Crippen LogP contribution in [0.5, 0.6) is 0 Å². The predicted octanol–water partition coefficient (Wildman–Crippen LogP) is 15.9. The maximum Gasteiger partial charge on any atom is 0.163 e. The Balaban J connectivity index is 1.25. The van der Waals surface area contributed by atoms with Crippen LogP contribution in [0.3, 0.4) is 0 Å². The first-order valence-corrected chi connectivity index (χ1v) is 25.2. The highest BCUT2D eigenvalue weighted by atomic mass is 15.1. The molecule has 0 radical (unpaired) electrons. The van der Waals surface area contributed by atoms with E-state index in [9.17, 15) is 0 Å². The molecule has 0 spiro atoms. The first-order valence-electron chi connectivity index (χ1n) is 25.2. The van der Waals surface area contributed by atoms with Crippen molar-refractivity contribution in [1.82, 2.24) is 34.5 Å². The fourth-order valence-electron chi connectivity index (χ4n) is 10.4.